The molecule has 0 atom stereocenters. The van der Waals surface area contributed by atoms with Crippen LogP contribution in [0.3, 0.4) is 0 Å². The standard InChI is InChI=1S/C18H14BrN3/c19-17-6-2-3-14(10-17)11-18-21-7-8-22(18)13-16-5-1-4-15(9-16)12-20/h1-10H,11,13H2. The van der Waals surface area contributed by atoms with Crippen molar-refractivity contribution in [1.29, 1.82) is 5.26 Å². The van der Waals surface area contributed by atoms with Gasteiger partial charge in [0.25, 0.3) is 0 Å². The molecule has 0 fully saturated rings. The number of aromatic nitrogens is 2. The predicted octanol–water partition coefficient (Wildman–Crippen LogP) is 4.16. The smallest absolute Gasteiger partial charge is 0.113 e. The Morgan fingerprint density at radius 3 is 2.73 bits per heavy atom. The second kappa shape index (κ2) is 6.59. The third-order valence-electron chi connectivity index (χ3n) is 3.46. The van der Waals surface area contributed by atoms with Gasteiger partial charge in [0.05, 0.1) is 11.6 Å². The van der Waals surface area contributed by atoms with Gasteiger partial charge in [-0.3, -0.25) is 0 Å². The van der Waals surface area contributed by atoms with Crippen LogP contribution >= 0.6 is 15.9 Å². The van der Waals surface area contributed by atoms with Gasteiger partial charge in [-0.15, -0.1) is 0 Å². The topological polar surface area (TPSA) is 41.6 Å². The van der Waals surface area contributed by atoms with E-state index in [0.29, 0.717) is 5.56 Å². The summed E-state index contributed by atoms with van der Waals surface area (Å²) in [5, 5.41) is 8.99. The number of imidazole rings is 1. The normalized spacial score (nSPS) is 10.4. The van der Waals surface area contributed by atoms with Gasteiger partial charge in [-0.2, -0.15) is 5.26 Å². The Morgan fingerprint density at radius 2 is 1.91 bits per heavy atom. The molecule has 108 valence electrons. The lowest BCUT2D eigenvalue weighted by Gasteiger charge is -2.09. The summed E-state index contributed by atoms with van der Waals surface area (Å²) in [4.78, 5) is 4.46. The summed E-state index contributed by atoms with van der Waals surface area (Å²) in [6.45, 7) is 0.721. The lowest BCUT2D eigenvalue weighted by Crippen LogP contribution is -2.05. The molecule has 0 aliphatic heterocycles. The number of nitriles is 1. The van der Waals surface area contributed by atoms with E-state index in [1.807, 2.05) is 48.8 Å². The van der Waals surface area contributed by atoms with Crippen molar-refractivity contribution in [2.75, 3.05) is 0 Å². The lowest BCUT2D eigenvalue weighted by atomic mass is 10.1. The molecular weight excluding hydrogens is 338 g/mol. The highest BCUT2D eigenvalue weighted by Crippen LogP contribution is 2.15. The van der Waals surface area contributed by atoms with Gasteiger partial charge in [0, 0.05) is 29.8 Å². The van der Waals surface area contributed by atoms with Crippen LogP contribution in [0.2, 0.25) is 0 Å². The fourth-order valence-electron chi connectivity index (χ4n) is 2.42. The van der Waals surface area contributed by atoms with Crippen molar-refractivity contribution in [3.8, 4) is 6.07 Å². The number of nitrogens with zero attached hydrogens (tertiary/aromatic N) is 3. The first-order valence-corrected chi connectivity index (χ1v) is 7.77. The van der Waals surface area contributed by atoms with Crippen molar-refractivity contribution in [3.63, 3.8) is 0 Å². The first kappa shape index (κ1) is 14.6. The summed E-state index contributed by atoms with van der Waals surface area (Å²) >= 11 is 3.50. The van der Waals surface area contributed by atoms with E-state index in [2.05, 4.69) is 43.7 Å². The number of benzene rings is 2. The van der Waals surface area contributed by atoms with Gasteiger partial charge in [0.15, 0.2) is 0 Å². The first-order valence-electron chi connectivity index (χ1n) is 6.98. The van der Waals surface area contributed by atoms with Crippen LogP contribution in [-0.4, -0.2) is 9.55 Å². The summed E-state index contributed by atoms with van der Waals surface area (Å²) < 4.78 is 3.20. The van der Waals surface area contributed by atoms with E-state index >= 15 is 0 Å². The van der Waals surface area contributed by atoms with Crippen molar-refractivity contribution < 1.29 is 0 Å². The quantitative estimate of drug-likeness (QED) is 0.708. The average molecular weight is 352 g/mol. The molecule has 0 amide bonds. The predicted molar refractivity (Wildman–Crippen MR) is 89.4 cm³/mol. The molecule has 3 nitrogen and oxygen atoms in total. The van der Waals surface area contributed by atoms with Gasteiger partial charge >= 0.3 is 0 Å². The van der Waals surface area contributed by atoms with Crippen LogP contribution in [0.25, 0.3) is 0 Å². The van der Waals surface area contributed by atoms with Crippen molar-refractivity contribution in [1.82, 2.24) is 9.55 Å². The van der Waals surface area contributed by atoms with E-state index < -0.39 is 0 Å². The molecule has 0 radical (unpaired) electrons. The third kappa shape index (κ3) is 3.44. The van der Waals surface area contributed by atoms with Crippen molar-refractivity contribution >= 4 is 15.9 Å². The van der Waals surface area contributed by atoms with E-state index in [4.69, 9.17) is 5.26 Å². The molecule has 2 aromatic carbocycles. The van der Waals surface area contributed by atoms with Gasteiger partial charge in [0.1, 0.15) is 5.82 Å². The molecule has 0 N–H and O–H groups in total. The van der Waals surface area contributed by atoms with Crippen molar-refractivity contribution in [2.45, 2.75) is 13.0 Å². The van der Waals surface area contributed by atoms with E-state index in [1.54, 1.807) is 0 Å². The summed E-state index contributed by atoms with van der Waals surface area (Å²) in [7, 11) is 0. The monoisotopic (exact) mass is 351 g/mol. The molecule has 0 saturated heterocycles. The Balaban J connectivity index is 1.81. The second-order valence-electron chi connectivity index (χ2n) is 5.09. The average Bonchev–Trinajstić information content (AvgIpc) is 2.94. The summed E-state index contributed by atoms with van der Waals surface area (Å²) in [6, 6.07) is 18.1. The van der Waals surface area contributed by atoms with Gasteiger partial charge in [0.2, 0.25) is 0 Å². The van der Waals surface area contributed by atoms with E-state index in [1.165, 1.54) is 5.56 Å². The Hall–Kier alpha value is -2.38. The molecule has 0 spiro atoms. The van der Waals surface area contributed by atoms with Crippen LogP contribution < -0.4 is 0 Å². The zero-order valence-electron chi connectivity index (χ0n) is 11.9. The van der Waals surface area contributed by atoms with Gasteiger partial charge in [-0.25, -0.2) is 4.98 Å². The molecular formula is C18H14BrN3. The highest BCUT2D eigenvalue weighted by molar-refractivity contribution is 9.10. The number of rotatable bonds is 4. The SMILES string of the molecule is N#Cc1cccc(Cn2ccnc2Cc2cccc(Br)c2)c1. The number of hydrogen-bond donors (Lipinski definition) is 0. The highest BCUT2D eigenvalue weighted by atomic mass is 79.9. The maximum absolute atomic E-state index is 8.99. The van der Waals surface area contributed by atoms with Crippen LogP contribution in [0.15, 0.2) is 65.4 Å². The molecule has 0 unspecified atom stereocenters. The largest absolute Gasteiger partial charge is 0.330 e. The van der Waals surface area contributed by atoms with E-state index in [0.717, 1.165) is 28.8 Å². The minimum Gasteiger partial charge on any atom is -0.330 e. The second-order valence-corrected chi connectivity index (χ2v) is 6.01. The maximum atomic E-state index is 8.99. The Morgan fingerprint density at radius 1 is 1.09 bits per heavy atom. The van der Waals surface area contributed by atoms with Crippen molar-refractivity contribution in [3.05, 3.63) is 87.9 Å². The lowest BCUT2D eigenvalue weighted by molar-refractivity contribution is 0.740. The molecule has 0 bridgehead atoms. The summed E-state index contributed by atoms with van der Waals surface area (Å²) in [5.74, 6) is 1.01. The molecule has 1 aromatic heterocycles. The molecule has 0 aliphatic rings. The van der Waals surface area contributed by atoms with Crippen LogP contribution in [0, 0.1) is 11.3 Å². The van der Waals surface area contributed by atoms with Crippen LogP contribution in [0.5, 0.6) is 0 Å². The third-order valence-corrected chi connectivity index (χ3v) is 3.96. The molecule has 4 heteroatoms. The minimum atomic E-state index is 0.686. The molecule has 1 heterocycles. The Kier molecular flexibility index (Phi) is 4.36. The zero-order valence-corrected chi connectivity index (χ0v) is 13.5. The Bertz CT molecular complexity index is 830. The zero-order chi connectivity index (χ0) is 15.4. The molecule has 3 rings (SSSR count). The summed E-state index contributed by atoms with van der Waals surface area (Å²) in [5.41, 5.74) is 3.01. The van der Waals surface area contributed by atoms with Crippen LogP contribution in [0.1, 0.15) is 22.5 Å². The molecule has 3 aromatic rings. The van der Waals surface area contributed by atoms with E-state index in [9.17, 15) is 0 Å². The van der Waals surface area contributed by atoms with Crippen LogP contribution in [-0.2, 0) is 13.0 Å². The summed E-state index contributed by atoms with van der Waals surface area (Å²) in [6.07, 6.45) is 4.58. The number of halogens is 1. The van der Waals surface area contributed by atoms with Gasteiger partial charge in [-0.05, 0) is 35.4 Å². The number of hydrogen-bond acceptors (Lipinski definition) is 2. The first-order chi connectivity index (χ1) is 10.7. The minimum absolute atomic E-state index is 0.686. The molecule has 0 aliphatic carbocycles. The molecule has 0 saturated carbocycles. The van der Waals surface area contributed by atoms with Crippen molar-refractivity contribution in [2.24, 2.45) is 0 Å². The van der Waals surface area contributed by atoms with Gasteiger partial charge < -0.3 is 4.57 Å². The van der Waals surface area contributed by atoms with Crippen LogP contribution in [0.4, 0.5) is 0 Å². The van der Waals surface area contributed by atoms with E-state index in [-0.39, 0.29) is 0 Å². The fourth-order valence-corrected chi connectivity index (χ4v) is 2.86. The molecule has 22 heavy (non-hydrogen) atoms. The van der Waals surface area contributed by atoms with Gasteiger partial charge in [-0.1, -0.05) is 40.2 Å². The maximum Gasteiger partial charge on any atom is 0.113 e. The highest BCUT2D eigenvalue weighted by Gasteiger charge is 2.06. The Labute approximate surface area is 138 Å². The fraction of sp³-hybridized carbons (Fsp3) is 0.111.